The van der Waals surface area contributed by atoms with E-state index in [1.165, 1.54) is 0 Å². The van der Waals surface area contributed by atoms with Crippen LogP contribution in [-0.2, 0) is 16.3 Å². The zero-order valence-corrected chi connectivity index (χ0v) is 12.2. The van der Waals surface area contributed by atoms with Crippen molar-refractivity contribution < 1.29 is 4.52 Å². The molecule has 0 heterocycles. The maximum absolute atomic E-state index is 6.08. The first kappa shape index (κ1) is 13.5. The normalized spacial score (nSPS) is 11.4. The number of hydrogen-bond donors (Lipinski definition) is 0. The molecule has 0 aliphatic heterocycles. The number of benzene rings is 2. The lowest BCUT2D eigenvalue weighted by Gasteiger charge is -2.23. The molecule has 18 heavy (non-hydrogen) atoms. The van der Waals surface area contributed by atoms with Crippen LogP contribution in [-0.4, -0.2) is 6.61 Å². The van der Waals surface area contributed by atoms with Crippen molar-refractivity contribution in [3.05, 3.63) is 60.7 Å². The Morgan fingerprint density at radius 1 is 0.889 bits per heavy atom. The third kappa shape index (κ3) is 2.89. The van der Waals surface area contributed by atoms with Gasteiger partial charge in [-0.25, -0.2) is 0 Å². The zero-order valence-electron chi connectivity index (χ0n) is 10.5. The summed E-state index contributed by atoms with van der Waals surface area (Å²) in [5.74, 6) is 0. The Bertz CT molecular complexity index is 481. The van der Waals surface area contributed by atoms with Gasteiger partial charge in [-0.3, -0.25) is 0 Å². The molecule has 0 fully saturated rings. The molecular weight excluding hydrogens is 259 g/mol. The van der Waals surface area contributed by atoms with Crippen molar-refractivity contribution in [2.24, 2.45) is 0 Å². The molecule has 0 saturated heterocycles. The topological polar surface area (TPSA) is 9.23 Å². The minimum absolute atomic E-state index is 0.709. The van der Waals surface area contributed by atoms with Gasteiger partial charge in [0.25, 0.3) is 0 Å². The minimum Gasteiger partial charge on any atom is -0.342 e. The highest BCUT2D eigenvalue weighted by Gasteiger charge is 2.22. The molecule has 3 heteroatoms. The largest absolute Gasteiger partial charge is 0.342 e. The Kier molecular flexibility index (Phi) is 4.71. The van der Waals surface area contributed by atoms with Crippen LogP contribution in [0.1, 0.15) is 13.3 Å². The molecule has 0 aromatic heterocycles. The zero-order chi connectivity index (χ0) is 12.8. The SMILES string of the molecule is CCCOP(=S)(c1ccccc1)c1ccccc1. The van der Waals surface area contributed by atoms with E-state index in [4.69, 9.17) is 16.3 Å². The fourth-order valence-corrected chi connectivity index (χ4v) is 4.89. The standard InChI is InChI=1S/C15H17OPS/c1-2-13-16-17(18,14-9-5-3-6-10-14)15-11-7-4-8-12-15/h3-12H,2,13H2,1H3. The average Bonchev–Trinajstić information content (AvgIpc) is 2.46. The second kappa shape index (κ2) is 6.29. The van der Waals surface area contributed by atoms with E-state index in [2.05, 4.69) is 31.2 Å². The molecule has 94 valence electrons. The van der Waals surface area contributed by atoms with E-state index in [9.17, 15) is 0 Å². The lowest BCUT2D eigenvalue weighted by atomic mass is 10.4. The van der Waals surface area contributed by atoms with Crippen LogP contribution in [0.3, 0.4) is 0 Å². The first-order chi connectivity index (χ1) is 8.77. The summed E-state index contributed by atoms with van der Waals surface area (Å²) < 4.78 is 6.08. The maximum atomic E-state index is 6.08. The molecule has 0 aliphatic rings. The second-order valence-corrected chi connectivity index (χ2v) is 7.99. The van der Waals surface area contributed by atoms with Gasteiger partial charge < -0.3 is 4.52 Å². The summed E-state index contributed by atoms with van der Waals surface area (Å²) in [4.78, 5) is 0. The van der Waals surface area contributed by atoms with Gasteiger partial charge in [-0.15, -0.1) is 0 Å². The highest BCUT2D eigenvalue weighted by Crippen LogP contribution is 2.44. The van der Waals surface area contributed by atoms with Crippen LogP contribution in [0.25, 0.3) is 0 Å². The third-order valence-corrected chi connectivity index (χ3v) is 6.75. The predicted molar refractivity (Wildman–Crippen MR) is 82.7 cm³/mol. The second-order valence-electron chi connectivity index (χ2n) is 4.06. The van der Waals surface area contributed by atoms with Crippen LogP contribution in [0, 0.1) is 0 Å². The average molecular weight is 276 g/mol. The number of rotatable bonds is 5. The summed E-state index contributed by atoms with van der Waals surface area (Å²) >= 11 is 5.89. The molecule has 2 aromatic rings. The van der Waals surface area contributed by atoms with Crippen LogP contribution in [0.15, 0.2) is 60.7 Å². The third-order valence-electron chi connectivity index (χ3n) is 2.67. The van der Waals surface area contributed by atoms with E-state index in [0.717, 1.165) is 17.0 Å². The van der Waals surface area contributed by atoms with Crippen LogP contribution >= 0.6 is 6.26 Å². The van der Waals surface area contributed by atoms with Crippen molar-refractivity contribution in [1.29, 1.82) is 0 Å². The van der Waals surface area contributed by atoms with E-state index in [-0.39, 0.29) is 0 Å². The molecule has 0 radical (unpaired) electrons. The summed E-state index contributed by atoms with van der Waals surface area (Å²) in [6.45, 7) is 2.82. The first-order valence-corrected chi connectivity index (χ1v) is 8.85. The molecule has 0 bridgehead atoms. The van der Waals surface area contributed by atoms with Crippen LogP contribution in [0.4, 0.5) is 0 Å². The van der Waals surface area contributed by atoms with Crippen molar-refractivity contribution in [2.45, 2.75) is 13.3 Å². The van der Waals surface area contributed by atoms with Gasteiger partial charge in [-0.05, 0) is 6.42 Å². The van der Waals surface area contributed by atoms with Crippen LogP contribution in [0.2, 0.25) is 0 Å². The molecule has 1 nitrogen and oxygen atoms in total. The Balaban J connectivity index is 2.45. The number of hydrogen-bond acceptors (Lipinski definition) is 2. The van der Waals surface area contributed by atoms with Crippen molar-refractivity contribution in [1.82, 2.24) is 0 Å². The molecule has 2 rings (SSSR count). The van der Waals surface area contributed by atoms with E-state index in [1.54, 1.807) is 0 Å². The summed E-state index contributed by atoms with van der Waals surface area (Å²) in [6.07, 6.45) is -1.12. The van der Waals surface area contributed by atoms with Crippen LogP contribution < -0.4 is 10.6 Å². The summed E-state index contributed by atoms with van der Waals surface area (Å²) in [5, 5.41) is 2.25. The van der Waals surface area contributed by atoms with E-state index in [1.807, 2.05) is 36.4 Å². The fraction of sp³-hybridized carbons (Fsp3) is 0.200. The van der Waals surface area contributed by atoms with E-state index < -0.39 is 6.26 Å². The van der Waals surface area contributed by atoms with E-state index in [0.29, 0.717) is 6.61 Å². The molecule has 0 unspecified atom stereocenters. The van der Waals surface area contributed by atoms with Gasteiger partial charge >= 0.3 is 0 Å². The van der Waals surface area contributed by atoms with Gasteiger partial charge in [-0.1, -0.05) is 79.4 Å². The van der Waals surface area contributed by atoms with Gasteiger partial charge in [-0.2, -0.15) is 0 Å². The highest BCUT2D eigenvalue weighted by molar-refractivity contribution is 8.19. The smallest absolute Gasteiger partial charge is 0.123 e. The first-order valence-electron chi connectivity index (χ1n) is 6.13. The van der Waals surface area contributed by atoms with Crippen molar-refractivity contribution in [3.63, 3.8) is 0 Å². The molecule has 0 saturated carbocycles. The lowest BCUT2D eigenvalue weighted by molar-refractivity contribution is 0.359. The Labute approximate surface area is 114 Å². The van der Waals surface area contributed by atoms with Crippen LogP contribution in [0.5, 0.6) is 0 Å². The summed E-state index contributed by atoms with van der Waals surface area (Å²) in [5.41, 5.74) is 0. The monoisotopic (exact) mass is 276 g/mol. The van der Waals surface area contributed by atoms with E-state index >= 15 is 0 Å². The quantitative estimate of drug-likeness (QED) is 0.773. The molecular formula is C15H17OPS. The maximum Gasteiger partial charge on any atom is 0.123 e. The van der Waals surface area contributed by atoms with Crippen molar-refractivity contribution in [3.8, 4) is 0 Å². The fourth-order valence-electron chi connectivity index (χ4n) is 1.77. The van der Waals surface area contributed by atoms with Gasteiger partial charge in [0.2, 0.25) is 0 Å². The molecule has 0 atom stereocenters. The minimum atomic E-state index is -2.11. The highest BCUT2D eigenvalue weighted by atomic mass is 32.4. The molecule has 0 amide bonds. The Hall–Kier alpha value is -0.950. The molecule has 0 N–H and O–H groups in total. The summed E-state index contributed by atoms with van der Waals surface area (Å²) in [6, 6.07) is 20.4. The van der Waals surface area contributed by atoms with Gasteiger partial charge in [0.15, 0.2) is 0 Å². The van der Waals surface area contributed by atoms with Crippen molar-refractivity contribution in [2.75, 3.05) is 6.61 Å². The Morgan fingerprint density at radius 3 is 1.72 bits per heavy atom. The molecule has 2 aromatic carbocycles. The van der Waals surface area contributed by atoms with Gasteiger partial charge in [0.1, 0.15) is 6.26 Å². The molecule has 0 spiro atoms. The molecule has 0 aliphatic carbocycles. The lowest BCUT2D eigenvalue weighted by Crippen LogP contribution is -2.18. The van der Waals surface area contributed by atoms with Gasteiger partial charge in [0.05, 0.1) is 6.61 Å². The van der Waals surface area contributed by atoms with Gasteiger partial charge in [0, 0.05) is 10.6 Å². The predicted octanol–water partition coefficient (Wildman–Crippen LogP) is 3.46. The summed E-state index contributed by atoms with van der Waals surface area (Å²) in [7, 11) is 0. The Morgan fingerprint density at radius 2 is 1.33 bits per heavy atom. The van der Waals surface area contributed by atoms with Crippen molar-refractivity contribution >= 4 is 28.7 Å².